The van der Waals surface area contributed by atoms with Gasteiger partial charge in [-0.05, 0) is 61.7 Å². The van der Waals surface area contributed by atoms with Gasteiger partial charge in [-0.1, -0.05) is 25.8 Å². The van der Waals surface area contributed by atoms with Crippen molar-refractivity contribution in [1.82, 2.24) is 4.90 Å². The molecular formula is C25H32N4O3. The molecule has 2 aromatic rings. The summed E-state index contributed by atoms with van der Waals surface area (Å²) in [6, 6.07) is 14.3. The van der Waals surface area contributed by atoms with Crippen LogP contribution in [0.2, 0.25) is 0 Å². The molecule has 1 saturated heterocycles. The van der Waals surface area contributed by atoms with E-state index in [-0.39, 0.29) is 24.3 Å². The van der Waals surface area contributed by atoms with Gasteiger partial charge < -0.3 is 20.9 Å². The summed E-state index contributed by atoms with van der Waals surface area (Å²) in [5.41, 5.74) is 2.72. The maximum absolute atomic E-state index is 12.7. The molecule has 3 rings (SSSR count). The Kier molecular flexibility index (Phi) is 8.66. The number of benzene rings is 2. The predicted molar refractivity (Wildman–Crippen MR) is 128 cm³/mol. The Morgan fingerprint density at radius 2 is 1.47 bits per heavy atom. The number of anilines is 3. The number of likely N-dealkylation sites (tertiary alicyclic amines) is 1. The van der Waals surface area contributed by atoms with Crippen LogP contribution in [0.1, 0.15) is 55.8 Å². The number of hydrogen-bond acceptors (Lipinski definition) is 4. The molecule has 170 valence electrons. The molecule has 1 aliphatic heterocycles. The minimum absolute atomic E-state index is 0.0276. The second-order valence-corrected chi connectivity index (χ2v) is 8.06. The molecule has 0 aliphatic carbocycles. The fourth-order valence-corrected chi connectivity index (χ4v) is 3.70. The van der Waals surface area contributed by atoms with Gasteiger partial charge in [0.15, 0.2) is 0 Å². The molecule has 0 saturated carbocycles. The summed E-state index contributed by atoms with van der Waals surface area (Å²) < 4.78 is 0. The van der Waals surface area contributed by atoms with Crippen molar-refractivity contribution >= 4 is 34.8 Å². The number of nitrogens with one attached hydrogen (secondary N) is 3. The number of nitrogens with zero attached hydrogens (tertiary/aromatic N) is 1. The van der Waals surface area contributed by atoms with Crippen LogP contribution in [-0.4, -0.2) is 42.3 Å². The summed E-state index contributed by atoms with van der Waals surface area (Å²) >= 11 is 0. The van der Waals surface area contributed by atoms with E-state index in [9.17, 15) is 14.4 Å². The van der Waals surface area contributed by atoms with Crippen molar-refractivity contribution in [2.75, 3.05) is 35.6 Å². The van der Waals surface area contributed by atoms with Gasteiger partial charge in [-0.25, -0.2) is 0 Å². The third kappa shape index (κ3) is 7.11. The Hall–Kier alpha value is -3.35. The molecule has 0 bridgehead atoms. The van der Waals surface area contributed by atoms with Crippen molar-refractivity contribution in [2.45, 2.75) is 45.4 Å². The summed E-state index contributed by atoms with van der Waals surface area (Å²) in [6.07, 6.45) is 5.74. The van der Waals surface area contributed by atoms with Crippen LogP contribution in [0.4, 0.5) is 17.1 Å². The van der Waals surface area contributed by atoms with Crippen LogP contribution < -0.4 is 16.0 Å². The van der Waals surface area contributed by atoms with Crippen LogP contribution in [0.5, 0.6) is 0 Å². The van der Waals surface area contributed by atoms with E-state index in [2.05, 4.69) is 16.0 Å². The maximum Gasteiger partial charge on any atom is 0.253 e. The molecule has 0 radical (unpaired) electrons. The van der Waals surface area contributed by atoms with E-state index in [1.165, 1.54) is 12.8 Å². The topological polar surface area (TPSA) is 90.5 Å². The molecule has 0 spiro atoms. The fraction of sp³-hybridized carbons (Fsp3) is 0.400. The third-order valence-electron chi connectivity index (χ3n) is 5.39. The largest absolute Gasteiger partial charge is 0.376 e. The maximum atomic E-state index is 12.7. The van der Waals surface area contributed by atoms with Gasteiger partial charge in [0.1, 0.15) is 0 Å². The van der Waals surface area contributed by atoms with Gasteiger partial charge in [0.25, 0.3) is 5.91 Å². The van der Waals surface area contributed by atoms with Gasteiger partial charge in [-0.3, -0.25) is 14.4 Å². The van der Waals surface area contributed by atoms with Gasteiger partial charge in [0.05, 0.1) is 6.54 Å². The highest BCUT2D eigenvalue weighted by Crippen LogP contribution is 2.17. The highest BCUT2D eigenvalue weighted by Gasteiger charge is 2.17. The molecule has 1 aliphatic rings. The predicted octanol–water partition coefficient (Wildman–Crippen LogP) is 4.49. The van der Waals surface area contributed by atoms with Crippen LogP contribution in [0, 0.1) is 0 Å². The van der Waals surface area contributed by atoms with Crippen LogP contribution in [-0.2, 0) is 9.59 Å². The van der Waals surface area contributed by atoms with Crippen molar-refractivity contribution in [3.63, 3.8) is 0 Å². The Morgan fingerprint density at radius 1 is 0.812 bits per heavy atom. The minimum atomic E-state index is -0.197. The Bertz CT molecular complexity index is 919. The average Bonchev–Trinajstić information content (AvgIpc) is 3.08. The van der Waals surface area contributed by atoms with E-state index in [0.29, 0.717) is 23.4 Å². The molecule has 2 aromatic carbocycles. The van der Waals surface area contributed by atoms with E-state index < -0.39 is 0 Å². The van der Waals surface area contributed by atoms with Gasteiger partial charge in [-0.2, -0.15) is 0 Å². The lowest BCUT2D eigenvalue weighted by atomic mass is 10.1. The van der Waals surface area contributed by atoms with Crippen LogP contribution in [0.3, 0.4) is 0 Å². The van der Waals surface area contributed by atoms with Crippen LogP contribution >= 0.6 is 0 Å². The lowest BCUT2D eigenvalue weighted by molar-refractivity contribution is -0.116. The summed E-state index contributed by atoms with van der Waals surface area (Å²) in [4.78, 5) is 38.7. The molecule has 1 heterocycles. The van der Waals surface area contributed by atoms with Gasteiger partial charge in [0, 0.05) is 42.1 Å². The molecule has 7 heteroatoms. The molecule has 0 atom stereocenters. The zero-order chi connectivity index (χ0) is 22.8. The first-order valence-corrected chi connectivity index (χ1v) is 11.4. The average molecular weight is 437 g/mol. The molecule has 7 nitrogen and oxygen atoms in total. The SMILES string of the molecule is CCCC(=O)Nc1cccc(NCC(=O)Nc2ccc(C(=O)N3CCCCCC3)cc2)c1. The van der Waals surface area contributed by atoms with Crippen LogP contribution in [0.25, 0.3) is 0 Å². The van der Waals surface area contributed by atoms with Crippen LogP contribution in [0.15, 0.2) is 48.5 Å². The van der Waals surface area contributed by atoms with Gasteiger partial charge in [0.2, 0.25) is 11.8 Å². The number of amides is 3. The first kappa shape index (κ1) is 23.3. The Morgan fingerprint density at radius 3 is 2.16 bits per heavy atom. The quantitative estimate of drug-likeness (QED) is 0.569. The Labute approximate surface area is 189 Å². The molecule has 0 unspecified atom stereocenters. The number of carbonyl (C=O) groups excluding carboxylic acids is 3. The standard InChI is InChI=1S/C25H32N4O3/c1-2-8-23(30)28-22-10-7-9-21(17-22)26-18-24(31)27-20-13-11-19(12-14-20)25(32)29-15-5-3-4-6-16-29/h7,9-14,17,26H,2-6,8,15-16,18H2,1H3,(H,27,31)(H,28,30). The second-order valence-electron chi connectivity index (χ2n) is 8.06. The Balaban J connectivity index is 1.49. The normalized spacial score (nSPS) is 13.7. The molecule has 3 amide bonds. The van der Waals surface area contributed by atoms with E-state index in [1.807, 2.05) is 30.0 Å². The number of rotatable bonds is 8. The second kappa shape index (κ2) is 11.9. The highest BCUT2D eigenvalue weighted by molar-refractivity contribution is 5.97. The minimum Gasteiger partial charge on any atom is -0.376 e. The lowest BCUT2D eigenvalue weighted by Gasteiger charge is -2.20. The number of carbonyl (C=O) groups is 3. The summed E-state index contributed by atoms with van der Waals surface area (Å²) in [5, 5.41) is 8.74. The van der Waals surface area contributed by atoms with Crippen molar-refractivity contribution in [1.29, 1.82) is 0 Å². The zero-order valence-corrected chi connectivity index (χ0v) is 18.7. The van der Waals surface area contributed by atoms with Crippen molar-refractivity contribution in [3.8, 4) is 0 Å². The monoisotopic (exact) mass is 436 g/mol. The lowest BCUT2D eigenvalue weighted by Crippen LogP contribution is -2.31. The van der Waals surface area contributed by atoms with Gasteiger partial charge in [-0.15, -0.1) is 0 Å². The third-order valence-corrected chi connectivity index (χ3v) is 5.39. The van der Waals surface area contributed by atoms with E-state index in [0.717, 1.165) is 38.0 Å². The first-order chi connectivity index (χ1) is 15.5. The summed E-state index contributed by atoms with van der Waals surface area (Å²) in [5.74, 6) is -0.172. The zero-order valence-electron chi connectivity index (χ0n) is 18.7. The van der Waals surface area contributed by atoms with Gasteiger partial charge >= 0.3 is 0 Å². The smallest absolute Gasteiger partial charge is 0.253 e. The molecule has 1 fully saturated rings. The fourth-order valence-electron chi connectivity index (χ4n) is 3.70. The summed E-state index contributed by atoms with van der Waals surface area (Å²) in [7, 11) is 0. The van der Waals surface area contributed by atoms with E-state index >= 15 is 0 Å². The highest BCUT2D eigenvalue weighted by atomic mass is 16.2. The molecule has 3 N–H and O–H groups in total. The number of hydrogen-bond donors (Lipinski definition) is 3. The molecule has 32 heavy (non-hydrogen) atoms. The van der Waals surface area contributed by atoms with Crippen molar-refractivity contribution < 1.29 is 14.4 Å². The van der Waals surface area contributed by atoms with Crippen molar-refractivity contribution in [3.05, 3.63) is 54.1 Å². The summed E-state index contributed by atoms with van der Waals surface area (Å²) in [6.45, 7) is 3.66. The first-order valence-electron chi connectivity index (χ1n) is 11.4. The van der Waals surface area contributed by atoms with Crippen molar-refractivity contribution in [2.24, 2.45) is 0 Å². The molecular weight excluding hydrogens is 404 g/mol. The van der Waals surface area contributed by atoms with E-state index in [4.69, 9.17) is 0 Å². The molecule has 0 aromatic heterocycles. The van der Waals surface area contributed by atoms with E-state index in [1.54, 1.807) is 30.3 Å².